The van der Waals surface area contributed by atoms with E-state index in [2.05, 4.69) is 0 Å². The van der Waals surface area contributed by atoms with E-state index >= 15 is 0 Å². The van der Waals surface area contributed by atoms with E-state index in [1.807, 2.05) is 0 Å². The number of hydrogen-bond acceptors (Lipinski definition) is 3. The van der Waals surface area contributed by atoms with E-state index in [1.165, 1.54) is 0 Å². The molecule has 4 N–H and O–H groups in total. The van der Waals surface area contributed by atoms with Gasteiger partial charge in [0, 0.05) is 6.42 Å². The zero-order valence-electron chi connectivity index (χ0n) is 9.99. The van der Waals surface area contributed by atoms with Crippen LogP contribution >= 0.6 is 0 Å². The molecule has 0 aromatic carbocycles. The molecule has 0 aliphatic carbocycles. The van der Waals surface area contributed by atoms with E-state index in [0.717, 1.165) is 0 Å². The smallest absolute Gasteiger partial charge is 1.00 e. The van der Waals surface area contributed by atoms with E-state index < -0.39 is 18.0 Å². The van der Waals surface area contributed by atoms with E-state index in [-0.39, 0.29) is 84.4 Å². The fraction of sp³-hybridized carbons (Fsp3) is 0.600. The van der Waals surface area contributed by atoms with E-state index in [1.54, 1.807) is 0 Å². The van der Waals surface area contributed by atoms with Crippen LogP contribution in [0.3, 0.4) is 0 Å². The summed E-state index contributed by atoms with van der Waals surface area (Å²) in [6.07, 6.45) is -0.224. The van der Waals surface area contributed by atoms with Gasteiger partial charge in [0.1, 0.15) is 6.04 Å². The van der Waals surface area contributed by atoms with E-state index in [4.69, 9.17) is 15.9 Å². The van der Waals surface area contributed by atoms with Gasteiger partial charge in [-0.1, -0.05) is 0 Å². The van der Waals surface area contributed by atoms with Gasteiger partial charge in [0.05, 0.1) is 0 Å². The number of aliphatic carboxylic acids is 2. The quantitative estimate of drug-likeness (QED) is 0.416. The van der Waals surface area contributed by atoms with Gasteiger partial charge in [0.25, 0.3) is 0 Å². The molecule has 0 aromatic heterocycles. The first-order valence-electron chi connectivity index (χ1n) is 2.74. The van der Waals surface area contributed by atoms with Crippen LogP contribution in [-0.4, -0.2) is 65.9 Å². The topological polar surface area (TPSA) is 101 Å². The van der Waals surface area contributed by atoms with Crippen molar-refractivity contribution in [2.75, 3.05) is 0 Å². The normalized spacial score (nSPS) is 10.4. The molecule has 64 valence electrons. The molecule has 0 saturated heterocycles. The van der Waals surface area contributed by atoms with E-state index in [0.29, 0.717) is 0 Å². The van der Waals surface area contributed by atoms with Crippen molar-refractivity contribution in [2.24, 2.45) is 5.73 Å². The second-order valence-electron chi connectivity index (χ2n) is 1.88. The molecule has 7 heteroatoms. The molecule has 0 aliphatic rings. The summed E-state index contributed by atoms with van der Waals surface area (Å²) in [5, 5.41) is 16.3. The van der Waals surface area contributed by atoms with Gasteiger partial charge < -0.3 is 20.2 Å². The maximum absolute atomic E-state index is 9.99. The number of rotatable bonds is 4. The zero-order chi connectivity index (χ0) is 8.15. The van der Waals surface area contributed by atoms with Crippen LogP contribution in [0, 0.1) is 0 Å². The third-order valence-electron chi connectivity index (χ3n) is 0.986. The Kier molecular flexibility index (Phi) is 16.1. The Hall–Kier alpha value is 1.16. The number of carboxylic acids is 2. The van der Waals surface area contributed by atoms with Gasteiger partial charge in [-0.15, -0.1) is 0 Å². The summed E-state index contributed by atoms with van der Waals surface area (Å²) >= 11 is 0. The van der Waals surface area contributed by atoms with Crippen molar-refractivity contribution in [3.05, 3.63) is 0 Å². The van der Waals surface area contributed by atoms with Gasteiger partial charge in [-0.05, 0) is 6.42 Å². The maximum Gasteiger partial charge on any atom is 2.00 e. The van der Waals surface area contributed by atoms with Crippen molar-refractivity contribution in [1.82, 2.24) is 0 Å². The number of carboxylic acid groups (broad SMARTS) is 2. The Labute approximate surface area is 126 Å². The average Bonchev–Trinajstić information content (AvgIpc) is 1.82. The molecule has 0 aromatic rings. The first kappa shape index (κ1) is 18.9. The third kappa shape index (κ3) is 11.2. The molecule has 0 radical (unpaired) electrons. The molecule has 0 spiro atoms. The van der Waals surface area contributed by atoms with E-state index in [9.17, 15) is 9.59 Å². The summed E-state index contributed by atoms with van der Waals surface area (Å²) in [5.74, 6) is -2.20. The van der Waals surface area contributed by atoms with Gasteiger partial charge in [-0.2, -0.15) is 0 Å². The maximum atomic E-state index is 9.99. The van der Waals surface area contributed by atoms with Gasteiger partial charge in [0.2, 0.25) is 0 Å². The summed E-state index contributed by atoms with van der Waals surface area (Å²) in [5.41, 5.74) is 5.00. The molecule has 0 amide bonds. The minimum atomic E-state index is -1.17. The second-order valence-corrected chi connectivity index (χ2v) is 1.88. The Morgan fingerprint density at radius 3 is 2.08 bits per heavy atom. The average molecular weight is 213 g/mol. The summed E-state index contributed by atoms with van der Waals surface area (Å²) in [6, 6.07) is -1.06. The van der Waals surface area contributed by atoms with Crippen molar-refractivity contribution in [3.63, 3.8) is 0 Å². The Balaban J connectivity index is -0.0000000405. The molecule has 5 nitrogen and oxygen atoms in total. The Bertz CT molecular complexity index is 165. The van der Waals surface area contributed by atoms with Gasteiger partial charge in [-0.25, -0.2) is 0 Å². The standard InChI is InChI=1S/C5H9NO4.Ca.Na.3H/c6-3(5(9)10)1-2-4(7)8;;;;;/h3H,1-2,6H2,(H,7,8)(H,9,10);;;;;/q;+2;+1;3*-1/t3-;;;;;/m0...../s1. The third-order valence-corrected chi connectivity index (χ3v) is 0.986. The fourth-order valence-corrected chi connectivity index (χ4v) is 0.402. The minimum Gasteiger partial charge on any atom is -1.00 e. The second kappa shape index (κ2) is 10.2. The zero-order valence-corrected chi connectivity index (χ0v) is 11.2. The van der Waals surface area contributed by atoms with Gasteiger partial charge in [-0.3, -0.25) is 9.59 Å². The molecule has 0 bridgehead atoms. The molecular weight excluding hydrogens is 201 g/mol. The van der Waals surface area contributed by atoms with Crippen LogP contribution in [0.1, 0.15) is 17.1 Å². The van der Waals surface area contributed by atoms with Crippen LogP contribution in [0.4, 0.5) is 0 Å². The van der Waals surface area contributed by atoms with Gasteiger partial charge in [0.15, 0.2) is 0 Å². The molecule has 1 atom stereocenters. The molecule has 12 heavy (non-hydrogen) atoms. The SMILES string of the molecule is N[C@@H](CCC(=O)O)C(=O)O.[Ca+2].[H-].[H-].[H-].[Na+]. The largest absolute Gasteiger partial charge is 2.00 e. The van der Waals surface area contributed by atoms with Crippen molar-refractivity contribution < 1.29 is 53.6 Å². The summed E-state index contributed by atoms with van der Waals surface area (Å²) in [6.45, 7) is 0. The van der Waals surface area contributed by atoms with Gasteiger partial charge >= 0.3 is 79.2 Å². The Morgan fingerprint density at radius 1 is 1.42 bits per heavy atom. The van der Waals surface area contributed by atoms with Crippen LogP contribution in [0.2, 0.25) is 0 Å². The molecule has 0 saturated carbocycles. The van der Waals surface area contributed by atoms with Crippen LogP contribution in [0.25, 0.3) is 0 Å². The molecule has 0 heterocycles. The van der Waals surface area contributed by atoms with Crippen molar-refractivity contribution >= 4 is 49.7 Å². The summed E-state index contributed by atoms with van der Waals surface area (Å²) in [4.78, 5) is 19.9. The van der Waals surface area contributed by atoms with Crippen molar-refractivity contribution in [3.8, 4) is 0 Å². The van der Waals surface area contributed by atoms with Crippen molar-refractivity contribution in [2.45, 2.75) is 18.9 Å². The molecule has 0 rings (SSSR count). The monoisotopic (exact) mass is 213 g/mol. The Morgan fingerprint density at radius 2 is 1.83 bits per heavy atom. The molecular formula is C5H12CaNNaO4. The van der Waals surface area contributed by atoms with Crippen LogP contribution in [-0.2, 0) is 9.59 Å². The number of nitrogens with two attached hydrogens (primary N) is 1. The van der Waals surface area contributed by atoms with Crippen molar-refractivity contribution in [1.29, 1.82) is 0 Å². The minimum absolute atomic E-state index is 0. The summed E-state index contributed by atoms with van der Waals surface area (Å²) < 4.78 is 0. The number of hydrogen-bond donors (Lipinski definition) is 3. The fourth-order valence-electron chi connectivity index (χ4n) is 0.402. The number of carbonyl (C=O) groups is 2. The summed E-state index contributed by atoms with van der Waals surface area (Å²) in [7, 11) is 0. The molecule has 0 unspecified atom stereocenters. The first-order chi connectivity index (χ1) is 4.54. The van der Waals surface area contributed by atoms with Crippen LogP contribution in [0.15, 0.2) is 0 Å². The predicted octanol–water partition coefficient (Wildman–Crippen LogP) is -3.78. The van der Waals surface area contributed by atoms with Crippen LogP contribution in [0.5, 0.6) is 0 Å². The molecule has 0 fully saturated rings. The predicted molar refractivity (Wildman–Crippen MR) is 41.6 cm³/mol. The van der Waals surface area contributed by atoms with Crippen LogP contribution < -0.4 is 35.3 Å². The first-order valence-corrected chi connectivity index (χ1v) is 2.74. The molecule has 0 aliphatic heterocycles.